The fourth-order valence-corrected chi connectivity index (χ4v) is 5.62. The SMILES string of the molecule is CCS(=O)(=O)C1CSCCN1C(=O)C1(C)CCNC1. The van der Waals surface area contributed by atoms with Gasteiger partial charge in [0, 0.05) is 30.3 Å². The lowest BCUT2D eigenvalue weighted by atomic mass is 9.88. The number of carbonyl (C=O) groups excluding carboxylic acids is 1. The first-order valence-electron chi connectivity index (χ1n) is 6.72. The molecule has 0 spiro atoms. The van der Waals surface area contributed by atoms with Crippen LogP contribution in [-0.4, -0.2) is 61.5 Å². The van der Waals surface area contributed by atoms with E-state index in [1.54, 1.807) is 23.6 Å². The molecule has 2 aliphatic heterocycles. The lowest BCUT2D eigenvalue weighted by Crippen LogP contribution is -2.55. The van der Waals surface area contributed by atoms with Crippen molar-refractivity contribution in [1.29, 1.82) is 0 Å². The number of sulfone groups is 1. The number of nitrogens with zero attached hydrogens (tertiary/aromatic N) is 1. The van der Waals surface area contributed by atoms with Crippen molar-refractivity contribution in [3.8, 4) is 0 Å². The predicted octanol–water partition coefficient (Wildman–Crippen LogP) is 0.322. The molecular weight excluding hydrogens is 284 g/mol. The van der Waals surface area contributed by atoms with Crippen LogP contribution in [0.25, 0.3) is 0 Å². The summed E-state index contributed by atoms with van der Waals surface area (Å²) in [6.45, 7) is 5.61. The second kappa shape index (κ2) is 5.61. The molecule has 110 valence electrons. The molecule has 2 atom stereocenters. The van der Waals surface area contributed by atoms with Gasteiger partial charge in [-0.05, 0) is 19.9 Å². The van der Waals surface area contributed by atoms with E-state index in [9.17, 15) is 13.2 Å². The van der Waals surface area contributed by atoms with Crippen LogP contribution in [0.1, 0.15) is 20.3 Å². The fourth-order valence-electron chi connectivity index (χ4n) is 2.65. The molecule has 2 aliphatic rings. The summed E-state index contributed by atoms with van der Waals surface area (Å²) in [4.78, 5) is 14.3. The van der Waals surface area contributed by atoms with Gasteiger partial charge in [-0.3, -0.25) is 4.79 Å². The topological polar surface area (TPSA) is 66.5 Å². The fraction of sp³-hybridized carbons (Fsp3) is 0.917. The molecule has 2 rings (SSSR count). The Hall–Kier alpha value is -0.270. The summed E-state index contributed by atoms with van der Waals surface area (Å²) in [6, 6.07) is 0. The minimum absolute atomic E-state index is 0.000162. The highest BCUT2D eigenvalue weighted by Gasteiger charge is 2.44. The third kappa shape index (κ3) is 2.92. The first-order valence-corrected chi connectivity index (χ1v) is 9.59. The Morgan fingerprint density at radius 2 is 2.26 bits per heavy atom. The number of hydrogen-bond acceptors (Lipinski definition) is 5. The van der Waals surface area contributed by atoms with Crippen molar-refractivity contribution in [2.24, 2.45) is 5.41 Å². The highest BCUT2D eigenvalue weighted by Crippen LogP contribution is 2.31. The van der Waals surface area contributed by atoms with E-state index in [1.807, 2.05) is 6.92 Å². The molecule has 19 heavy (non-hydrogen) atoms. The van der Waals surface area contributed by atoms with Crippen molar-refractivity contribution >= 4 is 27.5 Å². The maximum absolute atomic E-state index is 12.7. The standard InChI is InChI=1S/C12H22N2O3S2/c1-3-19(16,17)10-8-18-7-6-14(10)11(15)12(2)4-5-13-9-12/h10,13H,3-9H2,1-2H3. The van der Waals surface area contributed by atoms with Crippen LogP contribution >= 0.6 is 11.8 Å². The number of thioether (sulfide) groups is 1. The first-order chi connectivity index (χ1) is 8.91. The van der Waals surface area contributed by atoms with Gasteiger partial charge in [-0.2, -0.15) is 11.8 Å². The molecule has 0 aromatic heterocycles. The van der Waals surface area contributed by atoms with Crippen LogP contribution in [0.5, 0.6) is 0 Å². The number of hydrogen-bond donors (Lipinski definition) is 1. The summed E-state index contributed by atoms with van der Waals surface area (Å²) in [5.41, 5.74) is -0.441. The van der Waals surface area contributed by atoms with Crippen molar-refractivity contribution in [2.75, 3.05) is 36.9 Å². The van der Waals surface area contributed by atoms with E-state index in [1.165, 1.54) is 0 Å². The molecular formula is C12H22N2O3S2. The quantitative estimate of drug-likeness (QED) is 0.813. The van der Waals surface area contributed by atoms with Crippen LogP contribution in [0.4, 0.5) is 0 Å². The maximum atomic E-state index is 12.7. The average molecular weight is 306 g/mol. The van der Waals surface area contributed by atoms with Crippen molar-refractivity contribution in [1.82, 2.24) is 10.2 Å². The van der Waals surface area contributed by atoms with Gasteiger partial charge in [-0.1, -0.05) is 6.92 Å². The van der Waals surface area contributed by atoms with Gasteiger partial charge < -0.3 is 10.2 Å². The smallest absolute Gasteiger partial charge is 0.230 e. The van der Waals surface area contributed by atoms with Gasteiger partial charge in [0.1, 0.15) is 5.37 Å². The van der Waals surface area contributed by atoms with Gasteiger partial charge in [-0.25, -0.2) is 8.42 Å². The highest BCUT2D eigenvalue weighted by atomic mass is 32.2. The summed E-state index contributed by atoms with van der Waals surface area (Å²) in [5, 5.41) is 2.56. The van der Waals surface area contributed by atoms with Gasteiger partial charge in [0.05, 0.1) is 5.41 Å². The zero-order chi connectivity index (χ0) is 14.1. The van der Waals surface area contributed by atoms with Gasteiger partial charge >= 0.3 is 0 Å². The monoisotopic (exact) mass is 306 g/mol. The molecule has 2 saturated heterocycles. The largest absolute Gasteiger partial charge is 0.323 e. The lowest BCUT2D eigenvalue weighted by Gasteiger charge is -2.39. The van der Waals surface area contributed by atoms with E-state index in [2.05, 4.69) is 5.32 Å². The van der Waals surface area contributed by atoms with Gasteiger partial charge in [0.15, 0.2) is 9.84 Å². The normalized spacial score (nSPS) is 32.5. The Morgan fingerprint density at radius 3 is 2.84 bits per heavy atom. The molecule has 1 N–H and O–H groups in total. The summed E-state index contributed by atoms with van der Waals surface area (Å²) in [6.07, 6.45) is 0.786. The Kier molecular flexibility index (Phi) is 4.47. The van der Waals surface area contributed by atoms with Gasteiger partial charge in [0.25, 0.3) is 0 Å². The molecule has 0 aromatic rings. The van der Waals surface area contributed by atoms with Crippen LogP contribution in [0, 0.1) is 5.41 Å². The molecule has 1 amide bonds. The second-order valence-electron chi connectivity index (χ2n) is 5.47. The van der Waals surface area contributed by atoms with Crippen molar-refractivity contribution in [3.05, 3.63) is 0 Å². The molecule has 2 fully saturated rings. The molecule has 2 heterocycles. The first kappa shape index (κ1) is 15.1. The van der Waals surface area contributed by atoms with Crippen LogP contribution in [0.2, 0.25) is 0 Å². The molecule has 7 heteroatoms. The van der Waals surface area contributed by atoms with Crippen molar-refractivity contribution in [3.63, 3.8) is 0 Å². The molecule has 5 nitrogen and oxygen atoms in total. The summed E-state index contributed by atoms with van der Waals surface area (Å²) in [7, 11) is -3.21. The minimum Gasteiger partial charge on any atom is -0.323 e. The van der Waals surface area contributed by atoms with E-state index >= 15 is 0 Å². The van der Waals surface area contributed by atoms with E-state index in [-0.39, 0.29) is 11.7 Å². The van der Waals surface area contributed by atoms with Crippen LogP contribution in [0.3, 0.4) is 0 Å². The molecule has 0 aromatic carbocycles. The highest BCUT2D eigenvalue weighted by molar-refractivity contribution is 8.01. The van der Waals surface area contributed by atoms with Crippen LogP contribution in [0.15, 0.2) is 0 Å². The third-order valence-corrected chi connectivity index (χ3v) is 7.34. The number of amides is 1. The Morgan fingerprint density at radius 1 is 1.53 bits per heavy atom. The Balaban J connectivity index is 2.22. The number of nitrogens with one attached hydrogen (secondary N) is 1. The molecule has 0 aliphatic carbocycles. The minimum atomic E-state index is -3.21. The van der Waals surface area contributed by atoms with E-state index < -0.39 is 20.6 Å². The molecule has 0 saturated carbocycles. The van der Waals surface area contributed by atoms with Crippen LogP contribution < -0.4 is 5.32 Å². The summed E-state index contributed by atoms with van der Waals surface area (Å²) in [5.74, 6) is 1.42. The molecule has 0 radical (unpaired) electrons. The van der Waals surface area contributed by atoms with Crippen molar-refractivity contribution in [2.45, 2.75) is 25.6 Å². The number of carbonyl (C=O) groups is 1. The zero-order valence-corrected chi connectivity index (χ0v) is 13.1. The Labute approximate surface area is 119 Å². The number of rotatable bonds is 3. The van der Waals surface area contributed by atoms with Crippen molar-refractivity contribution < 1.29 is 13.2 Å². The van der Waals surface area contributed by atoms with Crippen LogP contribution in [-0.2, 0) is 14.6 Å². The van der Waals surface area contributed by atoms with E-state index in [4.69, 9.17) is 0 Å². The third-order valence-electron chi connectivity index (χ3n) is 4.05. The summed E-state index contributed by atoms with van der Waals surface area (Å²) < 4.78 is 24.3. The summed E-state index contributed by atoms with van der Waals surface area (Å²) >= 11 is 1.62. The molecule has 0 bridgehead atoms. The van der Waals surface area contributed by atoms with Gasteiger partial charge in [0.2, 0.25) is 5.91 Å². The predicted molar refractivity (Wildman–Crippen MR) is 77.9 cm³/mol. The molecule has 2 unspecified atom stereocenters. The average Bonchev–Trinajstić information content (AvgIpc) is 2.86. The van der Waals surface area contributed by atoms with E-state index in [0.29, 0.717) is 18.8 Å². The Bertz CT molecular complexity index is 444. The maximum Gasteiger partial charge on any atom is 0.230 e. The lowest BCUT2D eigenvalue weighted by molar-refractivity contribution is -0.140. The van der Waals surface area contributed by atoms with Gasteiger partial charge in [-0.15, -0.1) is 0 Å². The van der Waals surface area contributed by atoms with E-state index in [0.717, 1.165) is 18.7 Å². The second-order valence-corrected chi connectivity index (χ2v) is 9.06. The zero-order valence-electron chi connectivity index (χ0n) is 11.5.